The first-order valence-electron chi connectivity index (χ1n) is 4.43. The molecule has 0 aliphatic heterocycles. The van der Waals surface area contributed by atoms with Crippen LogP contribution in [0, 0.1) is 0 Å². The molecule has 0 bridgehead atoms. The van der Waals surface area contributed by atoms with E-state index in [9.17, 15) is 13.0 Å². The van der Waals surface area contributed by atoms with Crippen LogP contribution in [0.3, 0.4) is 0 Å². The van der Waals surface area contributed by atoms with E-state index in [1.165, 1.54) is 18.2 Å². The molecule has 2 rings (SSSR count). The van der Waals surface area contributed by atoms with Crippen molar-refractivity contribution in [2.24, 2.45) is 0 Å². The summed E-state index contributed by atoms with van der Waals surface area (Å²) in [5, 5.41) is 0.868. The zero-order valence-electron chi connectivity index (χ0n) is 9.17. The van der Waals surface area contributed by atoms with Crippen LogP contribution in [0.5, 0.6) is 0 Å². The van der Waals surface area contributed by atoms with E-state index in [1.807, 2.05) is 0 Å². The topological polar surface area (TPSA) is 109 Å². The van der Waals surface area contributed by atoms with Gasteiger partial charge >= 0.3 is 29.6 Å². The van der Waals surface area contributed by atoms with Crippen LogP contribution in [-0.2, 0) is 10.1 Å². The molecule has 0 amide bonds. The second-order valence-electron chi connectivity index (χ2n) is 3.41. The summed E-state index contributed by atoms with van der Waals surface area (Å²) in [6.07, 6.45) is 0. The maximum atomic E-state index is 11.0. The number of fused-ring (bicyclic) bond motifs is 1. The Kier molecular flexibility index (Phi) is 4.06. The zero-order valence-corrected chi connectivity index (χ0v) is 12.0. The van der Waals surface area contributed by atoms with E-state index in [4.69, 9.17) is 11.5 Å². The number of benzene rings is 2. The summed E-state index contributed by atoms with van der Waals surface area (Å²) < 4.78 is 33.0. The molecule has 0 heterocycles. The predicted octanol–water partition coefficient (Wildman–Crippen LogP) is -2.09. The van der Waals surface area contributed by atoms with Gasteiger partial charge in [-0.15, -0.1) is 0 Å². The van der Waals surface area contributed by atoms with E-state index in [2.05, 4.69) is 0 Å². The molecule has 0 saturated carbocycles. The SMILES string of the molecule is Nc1cc2cccc(S(=O)(=O)[O-])c2cc1N.[Na+]. The molecule has 84 valence electrons. The number of anilines is 2. The van der Waals surface area contributed by atoms with Gasteiger partial charge in [0.2, 0.25) is 0 Å². The third kappa shape index (κ3) is 2.72. The Balaban J connectivity index is 0.00000144. The first kappa shape index (κ1) is 14.3. The molecule has 0 spiro atoms. The quantitative estimate of drug-likeness (QED) is 0.347. The molecule has 17 heavy (non-hydrogen) atoms. The van der Waals surface area contributed by atoms with Gasteiger partial charge in [0.25, 0.3) is 0 Å². The van der Waals surface area contributed by atoms with Crippen LogP contribution in [-0.4, -0.2) is 13.0 Å². The fraction of sp³-hybridized carbons (Fsp3) is 0. The molecule has 4 N–H and O–H groups in total. The van der Waals surface area contributed by atoms with Crippen LogP contribution in [0.25, 0.3) is 10.8 Å². The number of rotatable bonds is 1. The average molecular weight is 260 g/mol. The summed E-state index contributed by atoms with van der Waals surface area (Å²) in [4.78, 5) is -0.281. The Morgan fingerprint density at radius 3 is 2.24 bits per heavy atom. The number of nitrogen functional groups attached to an aromatic ring is 2. The molecular formula is C10H9N2NaO3S. The average Bonchev–Trinajstić information content (AvgIpc) is 2.17. The molecule has 7 heteroatoms. The molecule has 2 aromatic rings. The van der Waals surface area contributed by atoms with E-state index in [-0.39, 0.29) is 40.1 Å². The van der Waals surface area contributed by atoms with Gasteiger partial charge < -0.3 is 16.0 Å². The summed E-state index contributed by atoms with van der Waals surface area (Å²) in [5.41, 5.74) is 11.8. The van der Waals surface area contributed by atoms with E-state index >= 15 is 0 Å². The fourth-order valence-electron chi connectivity index (χ4n) is 1.55. The third-order valence-corrected chi connectivity index (χ3v) is 3.21. The third-order valence-electron chi connectivity index (χ3n) is 2.31. The van der Waals surface area contributed by atoms with E-state index in [0.717, 1.165) is 0 Å². The van der Waals surface area contributed by atoms with Crippen molar-refractivity contribution in [2.75, 3.05) is 11.5 Å². The Bertz CT molecular complexity index is 671. The first-order valence-corrected chi connectivity index (χ1v) is 5.84. The Morgan fingerprint density at radius 2 is 1.65 bits per heavy atom. The minimum Gasteiger partial charge on any atom is -0.744 e. The van der Waals surface area contributed by atoms with Crippen LogP contribution in [0.2, 0.25) is 0 Å². The summed E-state index contributed by atoms with van der Waals surface area (Å²) in [6, 6.07) is 7.34. The number of nitrogens with two attached hydrogens (primary N) is 2. The molecule has 0 fully saturated rings. The smallest absolute Gasteiger partial charge is 0.744 e. The standard InChI is InChI=1S/C10H10N2O3S.Na/c11-8-4-6-2-1-3-10(16(13,14)15)7(6)5-9(8)12;/h1-5H,11-12H2,(H,13,14,15);/q;+1/p-1. The maximum absolute atomic E-state index is 11.0. The van der Waals surface area contributed by atoms with Crippen molar-refractivity contribution < 1.29 is 42.5 Å². The predicted molar refractivity (Wildman–Crippen MR) is 60.7 cm³/mol. The molecule has 0 radical (unpaired) electrons. The molecule has 0 atom stereocenters. The second-order valence-corrected chi connectivity index (χ2v) is 4.76. The van der Waals surface area contributed by atoms with Gasteiger partial charge in [0.05, 0.1) is 16.3 Å². The van der Waals surface area contributed by atoms with Crippen LogP contribution >= 0.6 is 0 Å². The fourth-order valence-corrected chi connectivity index (χ4v) is 2.24. The van der Waals surface area contributed by atoms with Gasteiger partial charge in [-0.05, 0) is 23.6 Å². The number of hydrogen-bond donors (Lipinski definition) is 2. The van der Waals surface area contributed by atoms with Gasteiger partial charge in [0.15, 0.2) is 0 Å². The van der Waals surface area contributed by atoms with Gasteiger partial charge in [-0.2, -0.15) is 0 Å². The minimum atomic E-state index is -4.51. The van der Waals surface area contributed by atoms with E-state index < -0.39 is 10.1 Å². The normalized spacial score (nSPS) is 11.1. The minimum absolute atomic E-state index is 0. The molecular weight excluding hydrogens is 251 g/mol. The molecule has 0 aliphatic carbocycles. The molecule has 0 aromatic heterocycles. The van der Waals surface area contributed by atoms with E-state index in [1.54, 1.807) is 12.1 Å². The number of hydrogen-bond acceptors (Lipinski definition) is 5. The van der Waals surface area contributed by atoms with Crippen LogP contribution in [0.15, 0.2) is 35.2 Å². The van der Waals surface area contributed by atoms with Gasteiger partial charge in [0, 0.05) is 5.39 Å². The van der Waals surface area contributed by atoms with Crippen molar-refractivity contribution in [1.82, 2.24) is 0 Å². The molecule has 2 aromatic carbocycles. The maximum Gasteiger partial charge on any atom is 1.00 e. The van der Waals surface area contributed by atoms with Gasteiger partial charge in [0.1, 0.15) is 10.1 Å². The van der Waals surface area contributed by atoms with Crippen molar-refractivity contribution in [3.8, 4) is 0 Å². The summed E-state index contributed by atoms with van der Waals surface area (Å²) >= 11 is 0. The van der Waals surface area contributed by atoms with Gasteiger partial charge in [-0.25, -0.2) is 8.42 Å². The van der Waals surface area contributed by atoms with Crippen LogP contribution < -0.4 is 41.0 Å². The van der Waals surface area contributed by atoms with Crippen LogP contribution in [0.4, 0.5) is 11.4 Å². The first-order chi connectivity index (χ1) is 7.39. The van der Waals surface area contributed by atoms with Crippen molar-refractivity contribution in [2.45, 2.75) is 4.90 Å². The van der Waals surface area contributed by atoms with Crippen molar-refractivity contribution >= 4 is 32.3 Å². The van der Waals surface area contributed by atoms with Crippen molar-refractivity contribution in [1.29, 1.82) is 0 Å². The summed E-state index contributed by atoms with van der Waals surface area (Å²) in [7, 11) is -4.51. The Hall–Kier alpha value is -0.790. The molecule has 0 unspecified atom stereocenters. The van der Waals surface area contributed by atoms with Crippen LogP contribution in [0.1, 0.15) is 0 Å². The molecule has 0 aliphatic rings. The second kappa shape index (κ2) is 4.83. The summed E-state index contributed by atoms with van der Waals surface area (Å²) in [6.45, 7) is 0. The van der Waals surface area contributed by atoms with Gasteiger partial charge in [-0.1, -0.05) is 12.1 Å². The molecule has 5 nitrogen and oxygen atoms in total. The van der Waals surface area contributed by atoms with E-state index in [0.29, 0.717) is 16.5 Å². The van der Waals surface area contributed by atoms with Gasteiger partial charge in [-0.3, -0.25) is 0 Å². The van der Waals surface area contributed by atoms with Crippen molar-refractivity contribution in [3.63, 3.8) is 0 Å². The Morgan fingerprint density at radius 1 is 1.06 bits per heavy atom. The largest absolute Gasteiger partial charge is 1.00 e. The Labute approximate surface area is 121 Å². The monoisotopic (exact) mass is 260 g/mol. The van der Waals surface area contributed by atoms with Crippen molar-refractivity contribution in [3.05, 3.63) is 30.3 Å². The zero-order chi connectivity index (χ0) is 11.9. The summed E-state index contributed by atoms with van der Waals surface area (Å²) in [5.74, 6) is 0. The molecule has 0 saturated heterocycles.